The van der Waals surface area contributed by atoms with Gasteiger partial charge in [-0.25, -0.2) is 5.84 Å². The number of carbonyl (C=O) groups is 1. The van der Waals surface area contributed by atoms with Gasteiger partial charge in [-0.05, 0) is 68.2 Å². The average Bonchev–Trinajstić information content (AvgIpc) is 3.08. The maximum absolute atomic E-state index is 12.9. The Balaban J connectivity index is 1.55. The molecule has 28 heavy (non-hydrogen) atoms. The van der Waals surface area contributed by atoms with Crippen LogP contribution in [-0.4, -0.2) is 16.4 Å². The summed E-state index contributed by atoms with van der Waals surface area (Å²) in [5.74, 6) is 6.08. The van der Waals surface area contributed by atoms with Crippen molar-refractivity contribution in [1.82, 2.24) is 10.3 Å². The van der Waals surface area contributed by atoms with Crippen LogP contribution in [0.1, 0.15) is 36.7 Å². The van der Waals surface area contributed by atoms with E-state index in [2.05, 4.69) is 10.3 Å². The lowest BCUT2D eigenvalue weighted by molar-refractivity contribution is 0.0861. The normalized spacial score (nSPS) is 15.9. The molecule has 0 atom stereocenters. The monoisotopic (exact) mass is 394 g/mol. The lowest BCUT2D eigenvalue weighted by Crippen LogP contribution is -2.55. The zero-order valence-corrected chi connectivity index (χ0v) is 16.5. The number of rotatable bonds is 5. The zero-order valence-electron chi connectivity index (χ0n) is 15.7. The van der Waals surface area contributed by atoms with Crippen LogP contribution in [0.15, 0.2) is 66.4 Å². The van der Waals surface area contributed by atoms with Crippen LogP contribution in [0.5, 0.6) is 0 Å². The largest absolute Gasteiger partial charge is 0.351 e. The highest BCUT2D eigenvalue weighted by Crippen LogP contribution is 2.38. The molecule has 6 heteroatoms. The predicted octanol–water partition coefficient (Wildman–Crippen LogP) is 4.76. The molecule has 1 aliphatic rings. The van der Waals surface area contributed by atoms with Gasteiger partial charge in [0.05, 0.1) is 11.2 Å². The SMILES string of the molecule is C/C(=C\N(N)c1ccccc1)C1(NC(=O)c2cc3cc(Cl)ccc3[nH]2)CCC1. The molecular formula is C22H23ClN4O. The minimum atomic E-state index is -0.363. The van der Waals surface area contributed by atoms with E-state index in [-0.39, 0.29) is 11.4 Å². The highest BCUT2D eigenvalue weighted by molar-refractivity contribution is 6.31. The number of nitrogens with one attached hydrogen (secondary N) is 2. The van der Waals surface area contributed by atoms with Crippen LogP contribution in [0, 0.1) is 0 Å². The molecular weight excluding hydrogens is 372 g/mol. The Hall–Kier alpha value is -2.76. The van der Waals surface area contributed by atoms with Crippen LogP contribution in [0.2, 0.25) is 5.02 Å². The molecule has 0 unspecified atom stereocenters. The van der Waals surface area contributed by atoms with Gasteiger partial charge in [0, 0.05) is 22.1 Å². The third-order valence-corrected chi connectivity index (χ3v) is 5.76. The van der Waals surface area contributed by atoms with Gasteiger partial charge in [-0.1, -0.05) is 29.8 Å². The first-order valence-corrected chi connectivity index (χ1v) is 9.73. The second-order valence-corrected chi connectivity index (χ2v) is 7.80. The van der Waals surface area contributed by atoms with E-state index in [1.54, 1.807) is 5.01 Å². The number of halogens is 1. The summed E-state index contributed by atoms with van der Waals surface area (Å²) in [6, 6.07) is 17.1. The number of hydrazine groups is 1. The van der Waals surface area contributed by atoms with E-state index >= 15 is 0 Å². The highest BCUT2D eigenvalue weighted by Gasteiger charge is 2.40. The standard InChI is InChI=1S/C22H23ClN4O/c1-15(14-27(24)18-6-3-2-4-7-18)22(10-5-11-22)26-21(28)20-13-16-12-17(23)8-9-19(16)25-20/h2-4,6-9,12-14,25H,5,10-11,24H2,1H3,(H,26,28)/b15-14+. The lowest BCUT2D eigenvalue weighted by Gasteiger charge is -2.44. The van der Waals surface area contributed by atoms with Crippen molar-refractivity contribution in [1.29, 1.82) is 0 Å². The summed E-state index contributed by atoms with van der Waals surface area (Å²) in [4.78, 5) is 16.1. The van der Waals surface area contributed by atoms with Crippen molar-refractivity contribution in [3.63, 3.8) is 0 Å². The third kappa shape index (κ3) is 3.51. The number of hydrogen-bond donors (Lipinski definition) is 3. The first-order chi connectivity index (χ1) is 13.5. The van der Waals surface area contributed by atoms with Crippen LogP contribution in [0.4, 0.5) is 5.69 Å². The number of nitrogens with two attached hydrogens (primary N) is 1. The maximum Gasteiger partial charge on any atom is 0.268 e. The number of hydrogen-bond acceptors (Lipinski definition) is 3. The number of H-pyrrole nitrogens is 1. The van der Waals surface area contributed by atoms with E-state index in [0.717, 1.165) is 41.4 Å². The highest BCUT2D eigenvalue weighted by atomic mass is 35.5. The van der Waals surface area contributed by atoms with Crippen molar-refractivity contribution in [2.75, 3.05) is 5.01 Å². The Morgan fingerprint density at radius 1 is 1.21 bits per heavy atom. The molecule has 1 amide bonds. The minimum Gasteiger partial charge on any atom is -0.351 e. The van der Waals surface area contributed by atoms with Gasteiger partial charge < -0.3 is 10.3 Å². The molecule has 0 radical (unpaired) electrons. The number of benzene rings is 2. The number of carbonyl (C=O) groups excluding carboxylic acids is 1. The van der Waals surface area contributed by atoms with Gasteiger partial charge in [0.25, 0.3) is 5.91 Å². The Morgan fingerprint density at radius 2 is 1.96 bits per heavy atom. The smallest absolute Gasteiger partial charge is 0.268 e. The van der Waals surface area contributed by atoms with Crippen LogP contribution in [0.3, 0.4) is 0 Å². The number of nitrogens with zero attached hydrogens (tertiary/aromatic N) is 1. The Kier molecular flexibility index (Phi) is 4.87. The van der Waals surface area contributed by atoms with Gasteiger partial charge in [-0.15, -0.1) is 0 Å². The van der Waals surface area contributed by atoms with Gasteiger partial charge in [0.2, 0.25) is 0 Å². The van der Waals surface area contributed by atoms with E-state index in [9.17, 15) is 4.79 Å². The second kappa shape index (κ2) is 7.34. The molecule has 1 saturated carbocycles. The van der Waals surface area contributed by atoms with Crippen LogP contribution >= 0.6 is 11.6 Å². The van der Waals surface area contributed by atoms with Crippen LogP contribution < -0.4 is 16.2 Å². The van der Waals surface area contributed by atoms with Gasteiger partial charge in [-0.2, -0.15) is 0 Å². The van der Waals surface area contributed by atoms with Gasteiger partial charge in [-0.3, -0.25) is 9.80 Å². The Bertz CT molecular complexity index is 1040. The third-order valence-electron chi connectivity index (χ3n) is 5.53. The van der Waals surface area contributed by atoms with E-state index in [0.29, 0.717) is 10.7 Å². The molecule has 1 heterocycles. The number of aromatic nitrogens is 1. The molecule has 1 fully saturated rings. The second-order valence-electron chi connectivity index (χ2n) is 7.36. The number of para-hydroxylation sites is 1. The van der Waals surface area contributed by atoms with Crippen molar-refractivity contribution in [2.24, 2.45) is 5.84 Å². The number of fused-ring (bicyclic) bond motifs is 1. The quantitative estimate of drug-likeness (QED) is 0.431. The predicted molar refractivity (Wildman–Crippen MR) is 114 cm³/mol. The topological polar surface area (TPSA) is 74.2 Å². The molecule has 3 aromatic rings. The number of amides is 1. The van der Waals surface area contributed by atoms with E-state index in [1.807, 2.05) is 67.7 Å². The van der Waals surface area contributed by atoms with Crippen molar-refractivity contribution in [3.05, 3.63) is 77.1 Å². The first kappa shape index (κ1) is 18.6. The summed E-state index contributed by atoms with van der Waals surface area (Å²) in [6.45, 7) is 2.02. The van der Waals surface area contributed by atoms with Crippen molar-refractivity contribution in [3.8, 4) is 0 Å². The minimum absolute atomic E-state index is 0.122. The van der Waals surface area contributed by atoms with Gasteiger partial charge >= 0.3 is 0 Å². The summed E-state index contributed by atoms with van der Waals surface area (Å²) in [7, 11) is 0. The van der Waals surface area contributed by atoms with Gasteiger partial charge in [0.15, 0.2) is 0 Å². The van der Waals surface area contributed by atoms with Crippen LogP contribution in [0.25, 0.3) is 10.9 Å². The molecule has 0 saturated heterocycles. The van der Waals surface area contributed by atoms with Crippen LogP contribution in [-0.2, 0) is 0 Å². The summed E-state index contributed by atoms with van der Waals surface area (Å²) < 4.78 is 0. The summed E-state index contributed by atoms with van der Waals surface area (Å²) in [5, 5.41) is 6.40. The maximum atomic E-state index is 12.9. The van der Waals surface area contributed by atoms with Crippen molar-refractivity contribution >= 4 is 34.1 Å². The molecule has 1 aromatic heterocycles. The molecule has 0 bridgehead atoms. The van der Waals surface area contributed by atoms with E-state index in [4.69, 9.17) is 17.4 Å². The van der Waals surface area contributed by atoms with E-state index < -0.39 is 0 Å². The molecule has 5 nitrogen and oxygen atoms in total. The molecule has 4 rings (SSSR count). The fourth-order valence-corrected chi connectivity index (χ4v) is 3.85. The van der Waals surface area contributed by atoms with Crippen molar-refractivity contribution < 1.29 is 4.79 Å². The molecule has 4 N–H and O–H groups in total. The summed E-state index contributed by atoms with van der Waals surface area (Å²) in [5.41, 5.74) is 3.00. The van der Waals surface area contributed by atoms with Crippen molar-refractivity contribution in [2.45, 2.75) is 31.7 Å². The summed E-state index contributed by atoms with van der Waals surface area (Å²) in [6.07, 6.45) is 4.77. The number of aromatic amines is 1. The molecule has 1 aliphatic carbocycles. The fraction of sp³-hybridized carbons (Fsp3) is 0.227. The Labute approximate surface area is 169 Å². The zero-order chi connectivity index (χ0) is 19.7. The molecule has 144 valence electrons. The van der Waals surface area contributed by atoms with Gasteiger partial charge in [0.1, 0.15) is 5.69 Å². The average molecular weight is 395 g/mol. The lowest BCUT2D eigenvalue weighted by atomic mass is 9.72. The van der Waals surface area contributed by atoms with E-state index in [1.165, 1.54) is 0 Å². The summed E-state index contributed by atoms with van der Waals surface area (Å²) >= 11 is 6.05. The fourth-order valence-electron chi connectivity index (χ4n) is 3.67. The number of anilines is 1. The molecule has 0 aliphatic heterocycles. The first-order valence-electron chi connectivity index (χ1n) is 9.35. The Morgan fingerprint density at radius 3 is 2.64 bits per heavy atom. The molecule has 2 aromatic carbocycles. The molecule has 0 spiro atoms.